The van der Waals surface area contributed by atoms with Crippen LogP contribution in [0.1, 0.15) is 36.6 Å². The van der Waals surface area contributed by atoms with Gasteiger partial charge in [-0.3, -0.25) is 4.90 Å². The minimum Gasteiger partial charge on any atom is -0.493 e. The lowest BCUT2D eigenvalue weighted by Crippen LogP contribution is -2.49. The molecule has 0 aromatic heterocycles. The number of hydrogen-bond donors (Lipinski definition) is 2. The second-order valence-corrected chi connectivity index (χ2v) is 7.49. The molecule has 0 radical (unpaired) electrons. The number of nitrogens with one attached hydrogen (secondary N) is 2. The third kappa shape index (κ3) is 4.84. The maximum atomic E-state index is 13.7. The lowest BCUT2D eigenvalue weighted by Gasteiger charge is -2.41. The number of methoxy groups -OCH3 is 2. The van der Waals surface area contributed by atoms with Crippen LogP contribution in [0.4, 0.5) is 9.18 Å². The SMILES string of the molecule is CCNC(=O)N[C@@H](C)[C@@H]1c2cc(OC)c(OC)cc2CCN1Cc1cccc(F)c1. The Morgan fingerprint density at radius 1 is 1.23 bits per heavy atom. The van der Waals surface area contributed by atoms with Crippen molar-refractivity contribution >= 4 is 6.03 Å². The highest BCUT2D eigenvalue weighted by Crippen LogP contribution is 2.40. The van der Waals surface area contributed by atoms with Crippen LogP contribution in [0, 0.1) is 5.82 Å². The molecule has 2 amide bonds. The first-order valence-electron chi connectivity index (χ1n) is 10.2. The molecule has 7 heteroatoms. The fourth-order valence-electron chi connectivity index (χ4n) is 4.16. The molecule has 3 rings (SSSR count). The van der Waals surface area contributed by atoms with Gasteiger partial charge < -0.3 is 20.1 Å². The van der Waals surface area contributed by atoms with Crippen molar-refractivity contribution in [2.45, 2.75) is 38.9 Å². The number of carbonyl (C=O) groups excluding carboxylic acids is 1. The molecule has 0 unspecified atom stereocenters. The highest BCUT2D eigenvalue weighted by Gasteiger charge is 2.33. The number of nitrogens with zero attached hydrogens (tertiary/aromatic N) is 1. The summed E-state index contributed by atoms with van der Waals surface area (Å²) < 4.78 is 24.7. The van der Waals surface area contributed by atoms with E-state index in [9.17, 15) is 9.18 Å². The van der Waals surface area contributed by atoms with Crippen molar-refractivity contribution in [1.29, 1.82) is 0 Å². The van der Waals surface area contributed by atoms with Gasteiger partial charge in [-0.1, -0.05) is 12.1 Å². The Balaban J connectivity index is 1.97. The van der Waals surface area contributed by atoms with E-state index in [4.69, 9.17) is 9.47 Å². The van der Waals surface area contributed by atoms with E-state index < -0.39 is 0 Å². The van der Waals surface area contributed by atoms with Crippen molar-refractivity contribution in [3.8, 4) is 11.5 Å². The van der Waals surface area contributed by atoms with Crippen LogP contribution >= 0.6 is 0 Å². The van der Waals surface area contributed by atoms with Gasteiger partial charge in [0.05, 0.1) is 20.3 Å². The Morgan fingerprint density at radius 3 is 2.63 bits per heavy atom. The molecule has 162 valence electrons. The molecule has 2 atom stereocenters. The quantitative estimate of drug-likeness (QED) is 0.725. The smallest absolute Gasteiger partial charge is 0.315 e. The normalized spacial score (nSPS) is 17.0. The number of halogens is 1. The zero-order valence-electron chi connectivity index (χ0n) is 18.0. The van der Waals surface area contributed by atoms with Crippen molar-refractivity contribution in [2.24, 2.45) is 0 Å². The Kier molecular flexibility index (Phi) is 7.15. The fraction of sp³-hybridized carbons (Fsp3) is 0.435. The van der Waals surface area contributed by atoms with Gasteiger partial charge in [0.15, 0.2) is 11.5 Å². The fourth-order valence-corrected chi connectivity index (χ4v) is 4.16. The molecular formula is C23H30FN3O3. The lowest BCUT2D eigenvalue weighted by atomic mass is 9.87. The molecule has 2 aromatic rings. The Bertz CT molecular complexity index is 890. The van der Waals surface area contributed by atoms with Gasteiger partial charge in [-0.05, 0) is 61.2 Å². The van der Waals surface area contributed by atoms with Crippen LogP contribution in [0.25, 0.3) is 0 Å². The zero-order valence-corrected chi connectivity index (χ0v) is 18.0. The second-order valence-electron chi connectivity index (χ2n) is 7.49. The van der Waals surface area contributed by atoms with E-state index in [1.165, 1.54) is 6.07 Å². The summed E-state index contributed by atoms with van der Waals surface area (Å²) in [6, 6.07) is 10.2. The van der Waals surface area contributed by atoms with E-state index in [1.807, 2.05) is 32.0 Å². The first kappa shape index (κ1) is 21.9. The number of urea groups is 1. The minimum atomic E-state index is -0.249. The molecule has 30 heavy (non-hydrogen) atoms. The Labute approximate surface area is 177 Å². The molecule has 2 aromatic carbocycles. The summed E-state index contributed by atoms with van der Waals surface area (Å²) in [4.78, 5) is 14.5. The molecule has 0 saturated heterocycles. The largest absolute Gasteiger partial charge is 0.493 e. The van der Waals surface area contributed by atoms with Crippen molar-refractivity contribution in [2.75, 3.05) is 27.3 Å². The van der Waals surface area contributed by atoms with Gasteiger partial charge in [0, 0.05) is 25.7 Å². The monoisotopic (exact) mass is 415 g/mol. The van der Waals surface area contributed by atoms with Gasteiger partial charge in [-0.15, -0.1) is 0 Å². The summed E-state index contributed by atoms with van der Waals surface area (Å²) >= 11 is 0. The number of rotatable bonds is 7. The molecule has 1 heterocycles. The van der Waals surface area contributed by atoms with Gasteiger partial charge in [-0.2, -0.15) is 0 Å². The summed E-state index contributed by atoms with van der Waals surface area (Å²) in [6.07, 6.45) is 0.829. The van der Waals surface area contributed by atoms with E-state index in [1.54, 1.807) is 26.4 Å². The molecule has 2 N–H and O–H groups in total. The molecular weight excluding hydrogens is 385 g/mol. The van der Waals surface area contributed by atoms with Gasteiger partial charge in [-0.25, -0.2) is 9.18 Å². The van der Waals surface area contributed by atoms with Crippen LogP contribution in [-0.4, -0.2) is 44.3 Å². The summed E-state index contributed by atoms with van der Waals surface area (Å²) in [5.74, 6) is 1.10. The van der Waals surface area contributed by atoms with E-state index in [0.717, 1.165) is 29.7 Å². The summed E-state index contributed by atoms with van der Waals surface area (Å²) in [5.41, 5.74) is 3.14. The summed E-state index contributed by atoms with van der Waals surface area (Å²) in [7, 11) is 3.24. The second kappa shape index (κ2) is 9.80. The maximum absolute atomic E-state index is 13.7. The molecule has 0 bridgehead atoms. The maximum Gasteiger partial charge on any atom is 0.315 e. The Hall–Kier alpha value is -2.80. The van der Waals surface area contributed by atoms with Crippen molar-refractivity contribution in [3.05, 3.63) is 58.9 Å². The van der Waals surface area contributed by atoms with Crippen LogP contribution in [0.15, 0.2) is 36.4 Å². The molecule has 0 saturated carbocycles. The van der Waals surface area contributed by atoms with Gasteiger partial charge in [0.25, 0.3) is 0 Å². The predicted octanol–water partition coefficient (Wildman–Crippen LogP) is 3.65. The third-order valence-electron chi connectivity index (χ3n) is 5.47. The van der Waals surface area contributed by atoms with Crippen molar-refractivity contribution in [1.82, 2.24) is 15.5 Å². The van der Waals surface area contributed by atoms with Gasteiger partial charge >= 0.3 is 6.03 Å². The van der Waals surface area contributed by atoms with E-state index >= 15 is 0 Å². The molecule has 0 spiro atoms. The van der Waals surface area contributed by atoms with Crippen LogP contribution < -0.4 is 20.1 Å². The predicted molar refractivity (Wildman–Crippen MR) is 114 cm³/mol. The van der Waals surface area contributed by atoms with E-state index in [2.05, 4.69) is 15.5 Å². The Morgan fingerprint density at radius 2 is 1.97 bits per heavy atom. The first-order chi connectivity index (χ1) is 14.5. The number of fused-ring (bicyclic) bond motifs is 1. The van der Waals surface area contributed by atoms with Crippen LogP contribution in [0.3, 0.4) is 0 Å². The van der Waals surface area contributed by atoms with E-state index in [-0.39, 0.29) is 23.9 Å². The number of amides is 2. The van der Waals surface area contributed by atoms with Crippen LogP contribution in [0.5, 0.6) is 11.5 Å². The van der Waals surface area contributed by atoms with Crippen LogP contribution in [0.2, 0.25) is 0 Å². The van der Waals surface area contributed by atoms with Gasteiger partial charge in [0.2, 0.25) is 0 Å². The number of ether oxygens (including phenoxy) is 2. The zero-order chi connectivity index (χ0) is 21.7. The number of benzene rings is 2. The average Bonchev–Trinajstić information content (AvgIpc) is 2.72. The van der Waals surface area contributed by atoms with Gasteiger partial charge in [0.1, 0.15) is 5.82 Å². The summed E-state index contributed by atoms with van der Waals surface area (Å²) in [6.45, 7) is 5.79. The molecule has 1 aliphatic heterocycles. The highest BCUT2D eigenvalue weighted by molar-refractivity contribution is 5.74. The first-order valence-corrected chi connectivity index (χ1v) is 10.2. The van der Waals surface area contributed by atoms with Crippen molar-refractivity contribution in [3.63, 3.8) is 0 Å². The van der Waals surface area contributed by atoms with E-state index in [0.29, 0.717) is 24.6 Å². The average molecular weight is 416 g/mol. The molecule has 6 nitrogen and oxygen atoms in total. The highest BCUT2D eigenvalue weighted by atomic mass is 19.1. The molecule has 0 aliphatic carbocycles. The molecule has 0 fully saturated rings. The topological polar surface area (TPSA) is 62.8 Å². The standard InChI is InChI=1S/C23H30FN3O3/c1-5-25-23(28)26-15(2)22-19-13-21(30-4)20(29-3)12-17(19)9-10-27(22)14-16-7-6-8-18(24)11-16/h6-8,11-13,15,22H,5,9-10,14H2,1-4H3,(H2,25,26,28)/t15-,22+/m0/s1. The number of hydrogen-bond acceptors (Lipinski definition) is 4. The lowest BCUT2D eigenvalue weighted by molar-refractivity contribution is 0.143. The molecule has 1 aliphatic rings. The minimum absolute atomic E-state index is 0.0978. The van der Waals surface area contributed by atoms with Crippen LogP contribution in [-0.2, 0) is 13.0 Å². The third-order valence-corrected chi connectivity index (χ3v) is 5.47. The summed E-state index contributed by atoms with van der Waals surface area (Å²) in [5, 5.41) is 5.84. The number of carbonyl (C=O) groups is 1. The van der Waals surface area contributed by atoms with Crippen molar-refractivity contribution < 1.29 is 18.7 Å².